The van der Waals surface area contributed by atoms with Crippen molar-refractivity contribution in [3.05, 3.63) is 64.2 Å². The van der Waals surface area contributed by atoms with Crippen LogP contribution in [0.3, 0.4) is 0 Å². The van der Waals surface area contributed by atoms with Gasteiger partial charge in [-0.1, -0.05) is 24.3 Å². The molecule has 0 aliphatic rings. The van der Waals surface area contributed by atoms with Crippen LogP contribution in [0.15, 0.2) is 41.3 Å². The Morgan fingerprint density at radius 3 is 2.32 bits per heavy atom. The van der Waals surface area contributed by atoms with Crippen molar-refractivity contribution in [2.24, 2.45) is 5.73 Å². The monoisotopic (exact) mass is 271 g/mol. The summed E-state index contributed by atoms with van der Waals surface area (Å²) < 4.78 is 0. The number of hydrogen-bond donors (Lipinski definition) is 1. The molecule has 0 bridgehead atoms. The van der Waals surface area contributed by atoms with E-state index < -0.39 is 0 Å². The molecule has 0 saturated carbocycles. The summed E-state index contributed by atoms with van der Waals surface area (Å²) in [5.41, 5.74) is 12.3. The molecule has 0 radical (unpaired) electrons. The van der Waals surface area contributed by atoms with E-state index in [-0.39, 0.29) is 0 Å². The van der Waals surface area contributed by atoms with Gasteiger partial charge in [0.05, 0.1) is 0 Å². The van der Waals surface area contributed by atoms with Crippen LogP contribution < -0.4 is 5.73 Å². The third kappa shape index (κ3) is 3.62. The number of nitrogens with two attached hydrogens (primary N) is 1. The normalized spacial score (nSPS) is 10.7. The fraction of sp³-hybridized carbons (Fsp3) is 0.294. The molecule has 100 valence electrons. The smallest absolute Gasteiger partial charge is 0.0234 e. The van der Waals surface area contributed by atoms with Crippen molar-refractivity contribution in [2.45, 2.75) is 38.0 Å². The summed E-state index contributed by atoms with van der Waals surface area (Å²) in [6.45, 7) is 7.10. The van der Waals surface area contributed by atoms with E-state index in [1.165, 1.54) is 32.7 Å². The van der Waals surface area contributed by atoms with E-state index in [2.05, 4.69) is 57.2 Å². The topological polar surface area (TPSA) is 26.0 Å². The molecule has 0 atom stereocenters. The predicted octanol–water partition coefficient (Wildman–Crippen LogP) is 4.36. The average Bonchev–Trinajstić information content (AvgIpc) is 2.41. The maximum absolute atomic E-state index is 5.66. The second-order valence-electron chi connectivity index (χ2n) is 5.00. The number of hydrogen-bond acceptors (Lipinski definition) is 2. The van der Waals surface area contributed by atoms with Crippen LogP contribution in [0.2, 0.25) is 0 Å². The molecule has 0 saturated heterocycles. The lowest BCUT2D eigenvalue weighted by molar-refractivity contribution is 1.06. The molecule has 1 nitrogen and oxygen atoms in total. The molecular formula is C17H21NS. The zero-order chi connectivity index (χ0) is 13.8. The van der Waals surface area contributed by atoms with E-state index in [0.717, 1.165) is 5.75 Å². The molecule has 2 aromatic carbocycles. The number of aryl methyl sites for hydroxylation is 3. The Kier molecular flexibility index (Phi) is 4.67. The largest absolute Gasteiger partial charge is 0.326 e. The van der Waals surface area contributed by atoms with E-state index in [9.17, 15) is 0 Å². The van der Waals surface area contributed by atoms with Crippen molar-refractivity contribution in [2.75, 3.05) is 0 Å². The Labute approximate surface area is 120 Å². The zero-order valence-corrected chi connectivity index (χ0v) is 12.7. The summed E-state index contributed by atoms with van der Waals surface area (Å²) >= 11 is 1.89. The van der Waals surface area contributed by atoms with E-state index >= 15 is 0 Å². The van der Waals surface area contributed by atoms with E-state index in [0.29, 0.717) is 6.54 Å². The van der Waals surface area contributed by atoms with Gasteiger partial charge < -0.3 is 5.73 Å². The quantitative estimate of drug-likeness (QED) is 0.836. The second kappa shape index (κ2) is 6.27. The second-order valence-corrected chi connectivity index (χ2v) is 6.05. The van der Waals surface area contributed by atoms with Gasteiger partial charge in [-0.05, 0) is 60.7 Å². The highest BCUT2D eigenvalue weighted by atomic mass is 32.2. The minimum atomic E-state index is 0.616. The number of thioether (sulfide) groups is 1. The fourth-order valence-electron chi connectivity index (χ4n) is 2.01. The van der Waals surface area contributed by atoms with Gasteiger partial charge in [0.1, 0.15) is 0 Å². The van der Waals surface area contributed by atoms with Crippen LogP contribution in [0.5, 0.6) is 0 Å². The molecular weight excluding hydrogens is 250 g/mol. The molecule has 19 heavy (non-hydrogen) atoms. The Hall–Kier alpha value is -1.25. The van der Waals surface area contributed by atoms with Gasteiger partial charge >= 0.3 is 0 Å². The molecule has 0 aliphatic heterocycles. The molecule has 0 spiro atoms. The van der Waals surface area contributed by atoms with Crippen LogP contribution >= 0.6 is 11.8 Å². The summed E-state index contributed by atoms with van der Waals surface area (Å²) in [6, 6.07) is 13.2. The first kappa shape index (κ1) is 14.2. The van der Waals surface area contributed by atoms with E-state index in [1.807, 2.05) is 11.8 Å². The lowest BCUT2D eigenvalue weighted by Gasteiger charge is -2.09. The SMILES string of the molecule is Cc1ccc(SCc2ccc(CN)cc2C)cc1C. The van der Waals surface area contributed by atoms with Gasteiger partial charge in [-0.15, -0.1) is 11.8 Å². The summed E-state index contributed by atoms with van der Waals surface area (Å²) in [5.74, 6) is 1.01. The minimum Gasteiger partial charge on any atom is -0.326 e. The molecule has 0 aromatic heterocycles. The van der Waals surface area contributed by atoms with Gasteiger partial charge in [-0.25, -0.2) is 0 Å². The Bertz CT molecular complexity index is 575. The third-order valence-electron chi connectivity index (χ3n) is 3.52. The molecule has 2 aromatic rings. The van der Waals surface area contributed by atoms with Gasteiger partial charge in [0.25, 0.3) is 0 Å². The highest BCUT2D eigenvalue weighted by Gasteiger charge is 2.02. The Balaban J connectivity index is 2.07. The van der Waals surface area contributed by atoms with Crippen LogP contribution in [-0.2, 0) is 12.3 Å². The molecule has 2 heteroatoms. The first-order valence-electron chi connectivity index (χ1n) is 6.58. The summed E-state index contributed by atoms with van der Waals surface area (Å²) in [4.78, 5) is 1.34. The molecule has 0 fully saturated rings. The molecule has 0 aliphatic carbocycles. The maximum atomic E-state index is 5.66. The molecule has 2 rings (SSSR count). The lowest BCUT2D eigenvalue weighted by Crippen LogP contribution is -1.97. The standard InChI is InChI=1S/C17H21NS/c1-12-4-7-17(9-13(12)2)19-11-16-6-5-15(10-18)8-14(16)3/h4-9H,10-11,18H2,1-3H3. The first-order chi connectivity index (χ1) is 9.10. The van der Waals surface area contributed by atoms with Crippen LogP contribution in [0.1, 0.15) is 27.8 Å². The van der Waals surface area contributed by atoms with Crippen LogP contribution in [0, 0.1) is 20.8 Å². The lowest BCUT2D eigenvalue weighted by atomic mass is 10.1. The Morgan fingerprint density at radius 2 is 1.68 bits per heavy atom. The van der Waals surface area contributed by atoms with Gasteiger partial charge in [0.15, 0.2) is 0 Å². The zero-order valence-electron chi connectivity index (χ0n) is 11.9. The van der Waals surface area contributed by atoms with Gasteiger partial charge in [-0.3, -0.25) is 0 Å². The summed E-state index contributed by atoms with van der Waals surface area (Å²) in [7, 11) is 0. The van der Waals surface area contributed by atoms with Crippen molar-refractivity contribution in [1.82, 2.24) is 0 Å². The summed E-state index contributed by atoms with van der Waals surface area (Å²) in [6.07, 6.45) is 0. The predicted molar refractivity (Wildman–Crippen MR) is 84.5 cm³/mol. The van der Waals surface area contributed by atoms with Crippen LogP contribution in [0.4, 0.5) is 0 Å². The molecule has 2 N–H and O–H groups in total. The van der Waals surface area contributed by atoms with E-state index in [4.69, 9.17) is 5.73 Å². The highest BCUT2D eigenvalue weighted by molar-refractivity contribution is 7.98. The van der Waals surface area contributed by atoms with Crippen molar-refractivity contribution >= 4 is 11.8 Å². The van der Waals surface area contributed by atoms with E-state index in [1.54, 1.807) is 0 Å². The van der Waals surface area contributed by atoms with Crippen molar-refractivity contribution < 1.29 is 0 Å². The van der Waals surface area contributed by atoms with Crippen molar-refractivity contribution in [3.63, 3.8) is 0 Å². The highest BCUT2D eigenvalue weighted by Crippen LogP contribution is 2.26. The average molecular weight is 271 g/mol. The van der Waals surface area contributed by atoms with Gasteiger partial charge in [0, 0.05) is 17.2 Å². The molecule has 0 unspecified atom stereocenters. The third-order valence-corrected chi connectivity index (χ3v) is 4.56. The minimum absolute atomic E-state index is 0.616. The first-order valence-corrected chi connectivity index (χ1v) is 7.57. The van der Waals surface area contributed by atoms with Crippen LogP contribution in [-0.4, -0.2) is 0 Å². The van der Waals surface area contributed by atoms with Crippen molar-refractivity contribution in [3.8, 4) is 0 Å². The number of benzene rings is 2. The fourth-order valence-corrected chi connectivity index (χ4v) is 3.08. The maximum Gasteiger partial charge on any atom is 0.0234 e. The molecule has 0 heterocycles. The van der Waals surface area contributed by atoms with Gasteiger partial charge in [0.2, 0.25) is 0 Å². The molecule has 0 amide bonds. The van der Waals surface area contributed by atoms with Crippen LogP contribution in [0.25, 0.3) is 0 Å². The number of rotatable bonds is 4. The van der Waals surface area contributed by atoms with Crippen molar-refractivity contribution in [1.29, 1.82) is 0 Å². The summed E-state index contributed by atoms with van der Waals surface area (Å²) in [5, 5.41) is 0. The Morgan fingerprint density at radius 1 is 0.895 bits per heavy atom. The van der Waals surface area contributed by atoms with Gasteiger partial charge in [-0.2, -0.15) is 0 Å².